The first kappa shape index (κ1) is 23.0. The van der Waals surface area contributed by atoms with E-state index in [1.54, 1.807) is 4.52 Å². The Hall–Kier alpha value is -3.19. The molecule has 2 heterocycles. The van der Waals surface area contributed by atoms with Gasteiger partial charge in [0.15, 0.2) is 0 Å². The Morgan fingerprint density at radius 3 is 2.39 bits per heavy atom. The molecule has 0 unspecified atom stereocenters. The largest absolute Gasteiger partial charge is 0.325 e. The van der Waals surface area contributed by atoms with E-state index in [9.17, 15) is 4.79 Å². The van der Waals surface area contributed by atoms with Crippen LogP contribution in [-0.4, -0.2) is 31.2 Å². The number of rotatable bonds is 6. The van der Waals surface area contributed by atoms with Crippen LogP contribution in [-0.2, 0) is 11.2 Å². The molecule has 0 bridgehead atoms. The molecule has 0 aliphatic heterocycles. The van der Waals surface area contributed by atoms with Crippen LogP contribution in [0.5, 0.6) is 0 Å². The lowest BCUT2D eigenvalue weighted by atomic mass is 9.97. The smallest absolute Gasteiger partial charge is 0.253 e. The number of fused-ring (bicyclic) bond motifs is 1. The summed E-state index contributed by atoms with van der Waals surface area (Å²) < 4.78 is 1.79. The molecule has 0 saturated heterocycles. The Labute approximate surface area is 198 Å². The molecule has 4 rings (SSSR count). The number of hydrogen-bond acceptors (Lipinski definition) is 5. The molecule has 0 radical (unpaired) electrons. The van der Waals surface area contributed by atoms with Gasteiger partial charge in [0.05, 0.1) is 5.75 Å². The van der Waals surface area contributed by atoms with Crippen molar-refractivity contribution in [3.8, 4) is 0 Å². The summed E-state index contributed by atoms with van der Waals surface area (Å²) in [6.07, 6.45) is 0.800. The van der Waals surface area contributed by atoms with Crippen molar-refractivity contribution >= 4 is 29.1 Å². The summed E-state index contributed by atoms with van der Waals surface area (Å²) in [5.41, 5.74) is 10.00. The van der Waals surface area contributed by atoms with Gasteiger partial charge in [0.1, 0.15) is 0 Å². The summed E-state index contributed by atoms with van der Waals surface area (Å²) in [6, 6.07) is 12.5. The quantitative estimate of drug-likeness (QED) is 0.396. The fourth-order valence-corrected chi connectivity index (χ4v) is 4.68. The van der Waals surface area contributed by atoms with Gasteiger partial charge in [0.2, 0.25) is 11.1 Å². The van der Waals surface area contributed by atoms with Gasteiger partial charge in [-0.05, 0) is 81.5 Å². The zero-order valence-electron chi connectivity index (χ0n) is 20.0. The van der Waals surface area contributed by atoms with Gasteiger partial charge in [-0.2, -0.15) is 4.98 Å². The van der Waals surface area contributed by atoms with Gasteiger partial charge in [-0.25, -0.2) is 9.50 Å². The molecule has 4 aromatic rings. The van der Waals surface area contributed by atoms with Gasteiger partial charge >= 0.3 is 0 Å². The Bertz CT molecular complexity index is 1340. The Balaban J connectivity index is 1.51. The molecule has 6 nitrogen and oxygen atoms in total. The predicted octanol–water partition coefficient (Wildman–Crippen LogP) is 5.30. The molecular weight excluding hydrogens is 430 g/mol. The minimum atomic E-state index is -0.0830. The second-order valence-corrected chi connectivity index (χ2v) is 9.63. The van der Waals surface area contributed by atoms with Crippen molar-refractivity contribution < 1.29 is 4.79 Å². The van der Waals surface area contributed by atoms with Crippen LogP contribution in [0.2, 0.25) is 0 Å². The Morgan fingerprint density at radius 2 is 1.67 bits per heavy atom. The average molecular weight is 460 g/mol. The molecule has 0 spiro atoms. The number of nitrogens with one attached hydrogen (secondary N) is 1. The number of hydrogen-bond donors (Lipinski definition) is 1. The molecule has 2 aromatic heterocycles. The van der Waals surface area contributed by atoms with Crippen LogP contribution in [0, 0.1) is 41.5 Å². The molecule has 2 aromatic carbocycles. The van der Waals surface area contributed by atoms with Crippen LogP contribution in [0.1, 0.15) is 44.8 Å². The maximum atomic E-state index is 12.5. The topological polar surface area (TPSA) is 72.2 Å². The van der Waals surface area contributed by atoms with Crippen molar-refractivity contribution in [1.29, 1.82) is 0 Å². The highest BCUT2D eigenvalue weighted by atomic mass is 32.2. The molecule has 0 atom stereocenters. The van der Waals surface area contributed by atoms with Crippen molar-refractivity contribution in [3.05, 3.63) is 81.2 Å². The first-order chi connectivity index (χ1) is 15.7. The van der Waals surface area contributed by atoms with Crippen LogP contribution in [0.25, 0.3) is 5.78 Å². The first-order valence-electron chi connectivity index (χ1n) is 11.0. The zero-order valence-corrected chi connectivity index (χ0v) is 20.8. The van der Waals surface area contributed by atoms with E-state index in [1.165, 1.54) is 28.5 Å². The van der Waals surface area contributed by atoms with Crippen molar-refractivity contribution in [2.45, 2.75) is 53.1 Å². The molecule has 0 fully saturated rings. The molecule has 0 saturated carbocycles. The van der Waals surface area contributed by atoms with Crippen LogP contribution in [0.4, 0.5) is 5.69 Å². The minimum absolute atomic E-state index is 0.0830. The van der Waals surface area contributed by atoms with Crippen molar-refractivity contribution in [2.24, 2.45) is 0 Å². The van der Waals surface area contributed by atoms with E-state index in [4.69, 9.17) is 4.98 Å². The average Bonchev–Trinajstić information content (AvgIpc) is 3.14. The highest BCUT2D eigenvalue weighted by molar-refractivity contribution is 7.99. The third kappa shape index (κ3) is 5.25. The van der Waals surface area contributed by atoms with Crippen molar-refractivity contribution in [2.75, 3.05) is 11.1 Å². The number of aromatic nitrogens is 4. The number of thioether (sulfide) groups is 1. The van der Waals surface area contributed by atoms with Crippen LogP contribution in [0.3, 0.4) is 0 Å². The van der Waals surface area contributed by atoms with E-state index >= 15 is 0 Å². The van der Waals surface area contributed by atoms with Gasteiger partial charge in [0.25, 0.3) is 5.78 Å². The fraction of sp³-hybridized carbons (Fsp3) is 0.308. The van der Waals surface area contributed by atoms with Gasteiger partial charge in [-0.3, -0.25) is 4.79 Å². The zero-order chi connectivity index (χ0) is 23.7. The van der Waals surface area contributed by atoms with Crippen LogP contribution < -0.4 is 5.32 Å². The number of benzene rings is 2. The SMILES string of the molecule is Cc1cc(C)cc(NC(=O)CSc2nc3nc(C)c(Cc4cc(C)ccc4C)c(C)n3n2)c1. The van der Waals surface area contributed by atoms with E-state index in [0.29, 0.717) is 10.9 Å². The summed E-state index contributed by atoms with van der Waals surface area (Å²) in [6.45, 7) is 12.4. The molecule has 7 heteroatoms. The van der Waals surface area contributed by atoms with Gasteiger partial charge < -0.3 is 5.32 Å². The third-order valence-electron chi connectivity index (χ3n) is 5.74. The lowest BCUT2D eigenvalue weighted by Gasteiger charge is -2.12. The molecule has 0 aliphatic rings. The number of carbonyl (C=O) groups is 1. The third-order valence-corrected chi connectivity index (χ3v) is 6.58. The van der Waals surface area contributed by atoms with Gasteiger partial charge in [-0.1, -0.05) is 41.6 Å². The lowest BCUT2D eigenvalue weighted by molar-refractivity contribution is -0.113. The maximum Gasteiger partial charge on any atom is 0.253 e. The summed E-state index contributed by atoms with van der Waals surface area (Å²) in [4.78, 5) is 21.7. The molecule has 0 aliphatic carbocycles. The van der Waals surface area contributed by atoms with Crippen LogP contribution >= 0.6 is 11.8 Å². The van der Waals surface area contributed by atoms with Crippen LogP contribution in [0.15, 0.2) is 41.6 Å². The second-order valence-electron chi connectivity index (χ2n) is 8.69. The normalized spacial score (nSPS) is 11.2. The number of aryl methyl sites for hydroxylation is 6. The van der Waals surface area contributed by atoms with E-state index in [1.807, 2.05) is 32.9 Å². The number of amides is 1. The summed E-state index contributed by atoms with van der Waals surface area (Å²) >= 11 is 1.32. The second kappa shape index (κ2) is 9.35. The van der Waals surface area contributed by atoms with E-state index in [2.05, 4.69) is 60.4 Å². The summed E-state index contributed by atoms with van der Waals surface area (Å²) in [7, 11) is 0. The number of anilines is 1. The molecule has 33 heavy (non-hydrogen) atoms. The monoisotopic (exact) mass is 459 g/mol. The van der Waals surface area contributed by atoms with E-state index < -0.39 is 0 Å². The molecule has 1 amide bonds. The lowest BCUT2D eigenvalue weighted by Crippen LogP contribution is -2.14. The fourth-order valence-electron chi connectivity index (χ4n) is 4.06. The Kier molecular flexibility index (Phi) is 6.51. The standard InChI is InChI=1S/C26H29N5OS/c1-15-7-8-18(4)21(10-15)13-23-19(5)27-25-29-26(30-31(25)20(23)6)33-14-24(32)28-22-11-16(2)9-17(3)12-22/h7-12H,13-14H2,1-6H3,(H,28,32). The summed E-state index contributed by atoms with van der Waals surface area (Å²) in [5, 5.41) is 8.13. The number of carbonyl (C=O) groups excluding carboxylic acids is 1. The summed E-state index contributed by atoms with van der Waals surface area (Å²) in [5.74, 6) is 0.712. The minimum Gasteiger partial charge on any atom is -0.325 e. The molecular formula is C26H29N5OS. The van der Waals surface area contributed by atoms with Gasteiger partial charge in [-0.15, -0.1) is 5.10 Å². The molecule has 170 valence electrons. The predicted molar refractivity (Wildman–Crippen MR) is 134 cm³/mol. The van der Waals surface area contributed by atoms with Crippen molar-refractivity contribution in [1.82, 2.24) is 19.6 Å². The van der Waals surface area contributed by atoms with Crippen molar-refractivity contribution in [3.63, 3.8) is 0 Å². The maximum absolute atomic E-state index is 12.5. The van der Waals surface area contributed by atoms with Gasteiger partial charge in [0, 0.05) is 23.5 Å². The number of nitrogens with zero attached hydrogens (tertiary/aromatic N) is 4. The molecule has 1 N–H and O–H groups in total. The van der Waals surface area contributed by atoms with E-state index in [0.717, 1.165) is 40.2 Å². The highest BCUT2D eigenvalue weighted by Gasteiger charge is 2.16. The first-order valence-corrected chi connectivity index (χ1v) is 12.0. The van der Waals surface area contributed by atoms with E-state index in [-0.39, 0.29) is 11.7 Å². The Morgan fingerprint density at radius 1 is 0.939 bits per heavy atom. The highest BCUT2D eigenvalue weighted by Crippen LogP contribution is 2.23.